The van der Waals surface area contributed by atoms with E-state index in [2.05, 4.69) is 10.00 Å². The van der Waals surface area contributed by atoms with Crippen LogP contribution in [0.25, 0.3) is 5.69 Å². The smallest absolute Gasteiger partial charge is 0.254 e. The first-order valence-corrected chi connectivity index (χ1v) is 10.7. The van der Waals surface area contributed by atoms with Gasteiger partial charge >= 0.3 is 0 Å². The van der Waals surface area contributed by atoms with E-state index in [4.69, 9.17) is 5.10 Å². The zero-order chi connectivity index (χ0) is 19.8. The van der Waals surface area contributed by atoms with Crippen molar-refractivity contribution in [3.8, 4) is 5.69 Å². The van der Waals surface area contributed by atoms with Crippen LogP contribution in [-0.2, 0) is 26.4 Å². The van der Waals surface area contributed by atoms with E-state index in [0.717, 1.165) is 42.6 Å². The van der Waals surface area contributed by atoms with E-state index in [0.29, 0.717) is 12.6 Å². The SMILES string of the molecule is Cn1nc(CN(C(=O)c2cccc(-n3cccn3)c2)C2CCCC2)c2c1CCC2. The molecule has 0 saturated heterocycles. The molecule has 0 radical (unpaired) electrons. The molecule has 2 aliphatic rings. The first-order chi connectivity index (χ1) is 14.2. The molecule has 0 aliphatic heterocycles. The Morgan fingerprint density at radius 1 is 1.17 bits per heavy atom. The number of carbonyl (C=O) groups excluding carboxylic acids is 1. The van der Waals surface area contributed by atoms with E-state index < -0.39 is 0 Å². The minimum Gasteiger partial charge on any atom is -0.330 e. The highest BCUT2D eigenvalue weighted by Gasteiger charge is 2.30. The fourth-order valence-electron chi connectivity index (χ4n) is 4.94. The Bertz CT molecular complexity index is 1010. The van der Waals surface area contributed by atoms with Crippen LogP contribution in [0.5, 0.6) is 0 Å². The lowest BCUT2D eigenvalue weighted by molar-refractivity contribution is 0.0661. The molecule has 1 aromatic carbocycles. The number of nitrogens with zero attached hydrogens (tertiary/aromatic N) is 5. The fraction of sp³-hybridized carbons (Fsp3) is 0.435. The lowest BCUT2D eigenvalue weighted by Crippen LogP contribution is -2.38. The molecule has 6 heteroatoms. The van der Waals surface area contributed by atoms with Crippen LogP contribution >= 0.6 is 0 Å². The lowest BCUT2D eigenvalue weighted by atomic mass is 10.1. The molecule has 6 nitrogen and oxygen atoms in total. The number of aryl methyl sites for hydroxylation is 1. The molecular formula is C23H27N5O. The van der Waals surface area contributed by atoms with Crippen molar-refractivity contribution in [3.05, 3.63) is 65.2 Å². The summed E-state index contributed by atoms with van der Waals surface area (Å²) >= 11 is 0. The van der Waals surface area contributed by atoms with Crippen molar-refractivity contribution in [2.75, 3.05) is 0 Å². The minimum absolute atomic E-state index is 0.100. The van der Waals surface area contributed by atoms with E-state index >= 15 is 0 Å². The Balaban J connectivity index is 1.46. The van der Waals surface area contributed by atoms with Gasteiger partial charge in [-0.1, -0.05) is 18.9 Å². The zero-order valence-electron chi connectivity index (χ0n) is 16.9. The fourth-order valence-corrected chi connectivity index (χ4v) is 4.94. The van der Waals surface area contributed by atoms with Gasteiger partial charge in [-0.15, -0.1) is 0 Å². The van der Waals surface area contributed by atoms with Crippen LogP contribution in [-0.4, -0.2) is 36.4 Å². The summed E-state index contributed by atoms with van der Waals surface area (Å²) < 4.78 is 3.82. The summed E-state index contributed by atoms with van der Waals surface area (Å²) in [5, 5.41) is 9.08. The first kappa shape index (κ1) is 18.2. The topological polar surface area (TPSA) is 56.0 Å². The Morgan fingerprint density at radius 2 is 2.03 bits per heavy atom. The van der Waals surface area contributed by atoms with Gasteiger partial charge in [0.15, 0.2) is 0 Å². The van der Waals surface area contributed by atoms with Gasteiger partial charge in [-0.05, 0) is 61.9 Å². The number of aromatic nitrogens is 4. The molecule has 2 aliphatic carbocycles. The molecule has 5 rings (SSSR count). The lowest BCUT2D eigenvalue weighted by Gasteiger charge is -2.29. The van der Waals surface area contributed by atoms with Gasteiger partial charge in [0, 0.05) is 36.7 Å². The van der Waals surface area contributed by atoms with Gasteiger partial charge in [0.1, 0.15) is 0 Å². The molecule has 0 spiro atoms. The Hall–Kier alpha value is -2.89. The number of benzene rings is 1. The van der Waals surface area contributed by atoms with Crippen molar-refractivity contribution in [2.45, 2.75) is 57.5 Å². The van der Waals surface area contributed by atoms with Crippen LogP contribution in [0.15, 0.2) is 42.7 Å². The largest absolute Gasteiger partial charge is 0.330 e. The van der Waals surface area contributed by atoms with Crippen LogP contribution in [0.4, 0.5) is 0 Å². The predicted molar refractivity (Wildman–Crippen MR) is 111 cm³/mol. The standard InChI is InChI=1S/C23H27N5O/c1-26-22-12-5-11-20(22)21(25-26)16-27(18-8-2-3-9-18)23(29)17-7-4-10-19(15-17)28-14-6-13-24-28/h4,6-7,10,13-15,18H,2-3,5,8-9,11-12,16H2,1H3. The second-order valence-corrected chi connectivity index (χ2v) is 8.22. The van der Waals surface area contributed by atoms with E-state index in [1.807, 2.05) is 48.3 Å². The molecule has 1 amide bonds. The van der Waals surface area contributed by atoms with Crippen LogP contribution in [0.2, 0.25) is 0 Å². The number of hydrogen-bond donors (Lipinski definition) is 0. The Morgan fingerprint density at radius 3 is 2.83 bits per heavy atom. The summed E-state index contributed by atoms with van der Waals surface area (Å²) in [5.41, 5.74) is 5.43. The van der Waals surface area contributed by atoms with Crippen molar-refractivity contribution in [1.29, 1.82) is 0 Å². The van der Waals surface area contributed by atoms with Gasteiger partial charge in [0.2, 0.25) is 0 Å². The van der Waals surface area contributed by atoms with Gasteiger partial charge < -0.3 is 4.90 Å². The summed E-state index contributed by atoms with van der Waals surface area (Å²) in [5.74, 6) is 0.100. The van der Waals surface area contributed by atoms with Gasteiger partial charge in [0.05, 0.1) is 17.9 Å². The highest BCUT2D eigenvalue weighted by molar-refractivity contribution is 5.95. The van der Waals surface area contributed by atoms with E-state index in [1.165, 1.54) is 30.5 Å². The molecule has 0 atom stereocenters. The highest BCUT2D eigenvalue weighted by atomic mass is 16.2. The second-order valence-electron chi connectivity index (χ2n) is 8.22. The van der Waals surface area contributed by atoms with Gasteiger partial charge in [-0.25, -0.2) is 4.68 Å². The molecule has 2 aromatic heterocycles. The monoisotopic (exact) mass is 389 g/mol. The third-order valence-corrected chi connectivity index (χ3v) is 6.41. The molecule has 0 bridgehead atoms. The molecule has 3 aromatic rings. The number of rotatable bonds is 5. The third-order valence-electron chi connectivity index (χ3n) is 6.41. The zero-order valence-corrected chi connectivity index (χ0v) is 16.9. The van der Waals surface area contributed by atoms with Gasteiger partial charge in [-0.3, -0.25) is 9.48 Å². The number of hydrogen-bond acceptors (Lipinski definition) is 3. The molecule has 1 fully saturated rings. The molecule has 150 valence electrons. The quantitative estimate of drug-likeness (QED) is 0.669. The van der Waals surface area contributed by atoms with Crippen molar-refractivity contribution in [1.82, 2.24) is 24.5 Å². The van der Waals surface area contributed by atoms with Crippen LogP contribution in [0.3, 0.4) is 0 Å². The highest BCUT2D eigenvalue weighted by Crippen LogP contribution is 2.30. The average Bonchev–Trinajstić information content (AvgIpc) is 3.53. The number of amides is 1. The van der Waals surface area contributed by atoms with Crippen molar-refractivity contribution in [2.24, 2.45) is 7.05 Å². The maximum absolute atomic E-state index is 13.6. The van der Waals surface area contributed by atoms with Crippen molar-refractivity contribution >= 4 is 5.91 Å². The van der Waals surface area contributed by atoms with E-state index in [-0.39, 0.29) is 5.91 Å². The average molecular weight is 390 g/mol. The first-order valence-electron chi connectivity index (χ1n) is 10.7. The van der Waals surface area contributed by atoms with Crippen LogP contribution in [0, 0.1) is 0 Å². The normalized spacial score (nSPS) is 16.3. The maximum atomic E-state index is 13.6. The third kappa shape index (κ3) is 3.37. The Labute approximate surface area is 171 Å². The molecule has 2 heterocycles. The van der Waals surface area contributed by atoms with E-state index in [1.54, 1.807) is 10.9 Å². The van der Waals surface area contributed by atoms with E-state index in [9.17, 15) is 4.79 Å². The van der Waals surface area contributed by atoms with Crippen LogP contribution < -0.4 is 0 Å². The molecule has 29 heavy (non-hydrogen) atoms. The Kier molecular flexibility index (Phi) is 4.70. The maximum Gasteiger partial charge on any atom is 0.254 e. The van der Waals surface area contributed by atoms with Crippen LogP contribution in [0.1, 0.15) is 59.4 Å². The van der Waals surface area contributed by atoms with Gasteiger partial charge in [0.25, 0.3) is 5.91 Å². The second kappa shape index (κ2) is 7.50. The molecular weight excluding hydrogens is 362 g/mol. The number of carbonyl (C=O) groups is 1. The molecule has 1 saturated carbocycles. The summed E-state index contributed by atoms with van der Waals surface area (Å²) in [6, 6.07) is 9.97. The number of fused-ring (bicyclic) bond motifs is 1. The van der Waals surface area contributed by atoms with Gasteiger partial charge in [-0.2, -0.15) is 10.2 Å². The minimum atomic E-state index is 0.100. The summed E-state index contributed by atoms with van der Waals surface area (Å²) in [4.78, 5) is 15.7. The van der Waals surface area contributed by atoms with Crippen molar-refractivity contribution < 1.29 is 4.79 Å². The summed E-state index contributed by atoms with van der Waals surface area (Å²) in [7, 11) is 2.03. The summed E-state index contributed by atoms with van der Waals surface area (Å²) in [6.07, 6.45) is 11.6. The molecule has 0 unspecified atom stereocenters. The predicted octanol–water partition coefficient (Wildman–Crippen LogP) is 3.68. The summed E-state index contributed by atoms with van der Waals surface area (Å²) in [6.45, 7) is 0.610. The van der Waals surface area contributed by atoms with Crippen molar-refractivity contribution in [3.63, 3.8) is 0 Å². The molecule has 0 N–H and O–H groups in total.